The normalized spacial score (nSPS) is 29.1. The monoisotopic (exact) mass is 280 g/mol. The molecule has 2 rings (SSSR count). The molecule has 118 valence electrons. The molecule has 0 radical (unpaired) electrons. The van der Waals surface area contributed by atoms with Crippen molar-refractivity contribution in [2.75, 3.05) is 26.2 Å². The van der Waals surface area contributed by atoms with E-state index in [-0.39, 0.29) is 0 Å². The zero-order valence-electron chi connectivity index (χ0n) is 14.1. The molecule has 20 heavy (non-hydrogen) atoms. The molecule has 1 saturated heterocycles. The smallest absolute Gasteiger partial charge is 0.00501 e. The summed E-state index contributed by atoms with van der Waals surface area (Å²) in [5.74, 6) is 0.896. The Labute approximate surface area is 126 Å². The number of likely N-dealkylation sites (tertiary alicyclic amines) is 1. The Morgan fingerprint density at radius 1 is 1.00 bits per heavy atom. The maximum atomic E-state index is 6.16. The van der Waals surface area contributed by atoms with Crippen LogP contribution in [0.25, 0.3) is 0 Å². The minimum absolute atomic E-state index is 0.444. The first kappa shape index (κ1) is 16.3. The van der Waals surface area contributed by atoms with E-state index >= 15 is 0 Å². The number of rotatable bonds is 3. The van der Waals surface area contributed by atoms with Gasteiger partial charge in [-0.05, 0) is 68.5 Å². The minimum Gasteiger partial charge on any atom is -0.330 e. The average molecular weight is 280 g/mol. The fraction of sp³-hybridized carbons (Fsp3) is 1.00. The fourth-order valence-corrected chi connectivity index (χ4v) is 4.38. The highest BCUT2D eigenvalue weighted by Crippen LogP contribution is 2.38. The van der Waals surface area contributed by atoms with Crippen molar-refractivity contribution in [2.45, 2.75) is 72.1 Å². The van der Waals surface area contributed by atoms with Crippen LogP contribution in [0.1, 0.15) is 72.1 Å². The zero-order chi connectivity index (χ0) is 14.6. The third-order valence-corrected chi connectivity index (χ3v) is 5.95. The van der Waals surface area contributed by atoms with Gasteiger partial charge in [-0.1, -0.05) is 40.0 Å². The van der Waals surface area contributed by atoms with Crippen molar-refractivity contribution in [2.24, 2.45) is 22.5 Å². The van der Waals surface area contributed by atoms with E-state index < -0.39 is 0 Å². The van der Waals surface area contributed by atoms with Gasteiger partial charge in [-0.3, -0.25) is 0 Å². The second kappa shape index (κ2) is 6.79. The van der Waals surface area contributed by atoms with Gasteiger partial charge in [-0.15, -0.1) is 0 Å². The standard InChI is InChI=1S/C18H36N2/c1-17(2,3)16-8-7-12-20(13-9-16)15-18(14-19)10-5-4-6-11-18/h16H,4-15,19H2,1-3H3. The van der Waals surface area contributed by atoms with Crippen LogP contribution in [0.5, 0.6) is 0 Å². The topological polar surface area (TPSA) is 29.3 Å². The van der Waals surface area contributed by atoms with Crippen LogP contribution in [0.15, 0.2) is 0 Å². The molecule has 0 amide bonds. The molecule has 0 aromatic rings. The highest BCUT2D eigenvalue weighted by molar-refractivity contribution is 4.88. The van der Waals surface area contributed by atoms with Gasteiger partial charge >= 0.3 is 0 Å². The maximum absolute atomic E-state index is 6.16. The highest BCUT2D eigenvalue weighted by atomic mass is 15.1. The van der Waals surface area contributed by atoms with Crippen molar-refractivity contribution in [3.8, 4) is 0 Å². The maximum Gasteiger partial charge on any atom is 0.00501 e. The molecule has 1 aliphatic heterocycles. The van der Waals surface area contributed by atoms with Crippen molar-refractivity contribution >= 4 is 0 Å². The Balaban J connectivity index is 1.90. The van der Waals surface area contributed by atoms with Crippen molar-refractivity contribution in [3.63, 3.8) is 0 Å². The molecule has 1 saturated carbocycles. The minimum atomic E-state index is 0.444. The van der Waals surface area contributed by atoms with Crippen LogP contribution in [-0.4, -0.2) is 31.1 Å². The molecule has 1 unspecified atom stereocenters. The first-order valence-electron chi connectivity index (χ1n) is 8.88. The lowest BCUT2D eigenvalue weighted by Crippen LogP contribution is -2.44. The van der Waals surface area contributed by atoms with Crippen molar-refractivity contribution in [1.29, 1.82) is 0 Å². The van der Waals surface area contributed by atoms with Gasteiger partial charge in [0.2, 0.25) is 0 Å². The lowest BCUT2D eigenvalue weighted by molar-refractivity contribution is 0.110. The van der Waals surface area contributed by atoms with Crippen molar-refractivity contribution in [1.82, 2.24) is 4.90 Å². The second-order valence-corrected chi connectivity index (χ2v) is 8.53. The lowest BCUT2D eigenvalue weighted by atomic mass is 9.73. The summed E-state index contributed by atoms with van der Waals surface area (Å²) in [5, 5.41) is 0. The molecule has 0 aromatic heterocycles. The Kier molecular flexibility index (Phi) is 5.53. The first-order chi connectivity index (χ1) is 9.45. The van der Waals surface area contributed by atoms with Crippen LogP contribution in [0.2, 0.25) is 0 Å². The van der Waals surface area contributed by atoms with E-state index in [1.54, 1.807) is 0 Å². The molecule has 2 nitrogen and oxygen atoms in total. The van der Waals surface area contributed by atoms with Gasteiger partial charge in [-0.2, -0.15) is 0 Å². The molecule has 2 aliphatic rings. The summed E-state index contributed by atoms with van der Waals surface area (Å²) in [6.45, 7) is 12.0. The molecular formula is C18H36N2. The van der Waals surface area contributed by atoms with Gasteiger partial charge in [0.05, 0.1) is 0 Å². The molecule has 2 heteroatoms. The molecule has 0 aromatic carbocycles. The molecule has 0 bridgehead atoms. The molecule has 1 aliphatic carbocycles. The predicted molar refractivity (Wildman–Crippen MR) is 87.8 cm³/mol. The zero-order valence-corrected chi connectivity index (χ0v) is 14.1. The SMILES string of the molecule is CC(C)(C)C1CCCN(CC2(CN)CCCCC2)CC1. The van der Waals surface area contributed by atoms with Gasteiger partial charge in [0, 0.05) is 6.54 Å². The van der Waals surface area contributed by atoms with Crippen LogP contribution in [-0.2, 0) is 0 Å². The van der Waals surface area contributed by atoms with Gasteiger partial charge in [-0.25, -0.2) is 0 Å². The van der Waals surface area contributed by atoms with Crippen LogP contribution in [0.4, 0.5) is 0 Å². The summed E-state index contributed by atoms with van der Waals surface area (Å²) in [7, 11) is 0. The van der Waals surface area contributed by atoms with Gasteiger partial charge in [0.1, 0.15) is 0 Å². The summed E-state index contributed by atoms with van der Waals surface area (Å²) in [6.07, 6.45) is 11.1. The summed E-state index contributed by atoms with van der Waals surface area (Å²) in [4.78, 5) is 2.74. The van der Waals surface area contributed by atoms with Crippen molar-refractivity contribution in [3.05, 3.63) is 0 Å². The second-order valence-electron chi connectivity index (χ2n) is 8.53. The quantitative estimate of drug-likeness (QED) is 0.845. The molecule has 1 atom stereocenters. The van der Waals surface area contributed by atoms with E-state index in [1.807, 2.05) is 0 Å². The summed E-state index contributed by atoms with van der Waals surface area (Å²) >= 11 is 0. The molecule has 2 N–H and O–H groups in total. The van der Waals surface area contributed by atoms with E-state index in [0.717, 1.165) is 12.5 Å². The van der Waals surface area contributed by atoms with E-state index in [1.165, 1.54) is 71.0 Å². The first-order valence-corrected chi connectivity index (χ1v) is 8.88. The number of nitrogens with zero attached hydrogens (tertiary/aromatic N) is 1. The molecule has 0 spiro atoms. The predicted octanol–water partition coefficient (Wildman–Crippen LogP) is 4.04. The fourth-order valence-electron chi connectivity index (χ4n) is 4.38. The highest BCUT2D eigenvalue weighted by Gasteiger charge is 2.34. The van der Waals surface area contributed by atoms with Crippen LogP contribution in [0.3, 0.4) is 0 Å². The number of nitrogens with two attached hydrogens (primary N) is 1. The van der Waals surface area contributed by atoms with Crippen LogP contribution in [0, 0.1) is 16.7 Å². The summed E-state index contributed by atoms with van der Waals surface area (Å²) in [5.41, 5.74) is 7.09. The Morgan fingerprint density at radius 2 is 1.70 bits per heavy atom. The van der Waals surface area contributed by atoms with Gasteiger partial charge in [0.25, 0.3) is 0 Å². The Bertz CT molecular complexity index is 286. The number of hydrogen-bond acceptors (Lipinski definition) is 2. The van der Waals surface area contributed by atoms with E-state index in [2.05, 4.69) is 25.7 Å². The molecule has 2 fully saturated rings. The molecule has 1 heterocycles. The summed E-state index contributed by atoms with van der Waals surface area (Å²) in [6, 6.07) is 0. The lowest BCUT2D eigenvalue weighted by Gasteiger charge is -2.40. The van der Waals surface area contributed by atoms with E-state index in [0.29, 0.717) is 10.8 Å². The van der Waals surface area contributed by atoms with Crippen LogP contribution < -0.4 is 5.73 Å². The third-order valence-electron chi connectivity index (χ3n) is 5.95. The Morgan fingerprint density at radius 3 is 2.30 bits per heavy atom. The third kappa shape index (κ3) is 4.21. The Hall–Kier alpha value is -0.0800. The van der Waals surface area contributed by atoms with Gasteiger partial charge < -0.3 is 10.6 Å². The van der Waals surface area contributed by atoms with E-state index in [9.17, 15) is 0 Å². The van der Waals surface area contributed by atoms with Crippen LogP contribution >= 0.6 is 0 Å². The van der Waals surface area contributed by atoms with Crippen molar-refractivity contribution < 1.29 is 0 Å². The van der Waals surface area contributed by atoms with Gasteiger partial charge in [0.15, 0.2) is 0 Å². The summed E-state index contributed by atoms with van der Waals surface area (Å²) < 4.78 is 0. The molecular weight excluding hydrogens is 244 g/mol. The largest absolute Gasteiger partial charge is 0.330 e. The van der Waals surface area contributed by atoms with E-state index in [4.69, 9.17) is 5.73 Å². The average Bonchev–Trinajstić information content (AvgIpc) is 2.65. The number of hydrogen-bond donors (Lipinski definition) is 1.